The first-order valence-corrected chi connectivity index (χ1v) is 2.86. The number of rotatable bonds is 0. The molecule has 1 aliphatic rings. The second kappa shape index (κ2) is 2.28. The van der Waals surface area contributed by atoms with Gasteiger partial charge in [0.05, 0.1) is 0 Å². The quantitative estimate of drug-likeness (QED) is 0.450. The fourth-order valence-electron chi connectivity index (χ4n) is 0.844. The molecule has 1 saturated heterocycles. The van der Waals surface area contributed by atoms with Crippen molar-refractivity contribution in [2.45, 2.75) is 18.9 Å². The molecular formula is C5H14N2. The van der Waals surface area contributed by atoms with Gasteiger partial charge in [0.2, 0.25) is 0 Å². The molecule has 3 N–H and O–H groups in total. The molecule has 0 spiro atoms. The molecule has 2 heteroatoms. The second-order valence-corrected chi connectivity index (χ2v) is 2.09. The number of nitrogens with one attached hydrogen (secondary N) is 1. The molecule has 0 atom stereocenters. The first-order chi connectivity index (χ1) is 3.39. The lowest BCUT2D eigenvalue weighted by Gasteiger charge is -2.17. The molecule has 0 radical (unpaired) electrons. The Morgan fingerprint density at radius 1 is 1.43 bits per heavy atom. The number of nitrogens with two attached hydrogens (primary N) is 1. The van der Waals surface area contributed by atoms with E-state index in [4.69, 9.17) is 5.73 Å². The van der Waals surface area contributed by atoms with E-state index in [-0.39, 0.29) is 1.43 Å². The summed E-state index contributed by atoms with van der Waals surface area (Å²) in [6, 6.07) is 0.473. The van der Waals surface area contributed by atoms with Crippen LogP contribution in [0.15, 0.2) is 0 Å². The summed E-state index contributed by atoms with van der Waals surface area (Å²) in [7, 11) is 0. The normalized spacial score (nSPS) is 25.3. The van der Waals surface area contributed by atoms with Crippen molar-refractivity contribution in [1.29, 1.82) is 0 Å². The van der Waals surface area contributed by atoms with Crippen LogP contribution in [0.1, 0.15) is 14.3 Å². The van der Waals surface area contributed by atoms with Crippen molar-refractivity contribution in [3.8, 4) is 0 Å². The van der Waals surface area contributed by atoms with Crippen LogP contribution in [0, 0.1) is 0 Å². The number of hydrogen-bond acceptors (Lipinski definition) is 2. The summed E-state index contributed by atoms with van der Waals surface area (Å²) in [6.07, 6.45) is 2.31. The number of hydrogen-bond donors (Lipinski definition) is 2. The Hall–Kier alpha value is -0.0800. The lowest BCUT2D eigenvalue weighted by atomic mass is 10.1. The molecule has 1 heterocycles. The number of piperidine rings is 1. The van der Waals surface area contributed by atoms with E-state index in [0.29, 0.717) is 6.04 Å². The SMILES string of the molecule is NC1CCNCC1.[HH]. The van der Waals surface area contributed by atoms with Crippen LogP contribution in [0.3, 0.4) is 0 Å². The highest BCUT2D eigenvalue weighted by molar-refractivity contribution is 4.69. The smallest absolute Gasteiger partial charge is 0.00629 e. The van der Waals surface area contributed by atoms with Gasteiger partial charge in [0.1, 0.15) is 0 Å². The van der Waals surface area contributed by atoms with Crippen LogP contribution in [-0.2, 0) is 0 Å². The van der Waals surface area contributed by atoms with E-state index in [9.17, 15) is 0 Å². The average molecular weight is 102 g/mol. The van der Waals surface area contributed by atoms with E-state index in [2.05, 4.69) is 5.32 Å². The van der Waals surface area contributed by atoms with E-state index in [1.807, 2.05) is 0 Å². The van der Waals surface area contributed by atoms with Crippen molar-refractivity contribution in [3.63, 3.8) is 0 Å². The molecule has 0 aliphatic carbocycles. The molecule has 0 unspecified atom stereocenters. The molecule has 1 rings (SSSR count). The Balaban J connectivity index is 0.000000490. The molecular weight excluding hydrogens is 88.1 g/mol. The molecule has 0 saturated carbocycles. The van der Waals surface area contributed by atoms with E-state index in [0.717, 1.165) is 25.9 Å². The molecule has 1 aliphatic heterocycles. The third-order valence-corrected chi connectivity index (χ3v) is 1.38. The maximum absolute atomic E-state index is 5.59. The zero-order valence-corrected chi connectivity index (χ0v) is 4.48. The third kappa shape index (κ3) is 1.45. The van der Waals surface area contributed by atoms with Crippen LogP contribution < -0.4 is 11.1 Å². The fourth-order valence-corrected chi connectivity index (χ4v) is 0.844. The molecule has 0 aromatic rings. The highest BCUT2D eigenvalue weighted by atomic mass is 14.9. The topological polar surface area (TPSA) is 38.0 Å². The summed E-state index contributed by atoms with van der Waals surface area (Å²) in [5, 5.41) is 3.24. The predicted octanol–water partition coefficient (Wildman–Crippen LogP) is -0.0569. The van der Waals surface area contributed by atoms with Crippen molar-refractivity contribution in [3.05, 3.63) is 0 Å². The summed E-state index contributed by atoms with van der Waals surface area (Å²) >= 11 is 0. The maximum atomic E-state index is 5.59. The lowest BCUT2D eigenvalue weighted by molar-refractivity contribution is 0.458. The Kier molecular flexibility index (Phi) is 1.65. The van der Waals surface area contributed by atoms with Crippen LogP contribution in [0.4, 0.5) is 0 Å². The molecule has 0 bridgehead atoms. The molecule has 0 amide bonds. The monoisotopic (exact) mass is 102 g/mol. The van der Waals surface area contributed by atoms with Gasteiger partial charge in [-0.2, -0.15) is 0 Å². The van der Waals surface area contributed by atoms with Gasteiger partial charge in [-0.25, -0.2) is 0 Å². The lowest BCUT2D eigenvalue weighted by Crippen LogP contribution is -2.35. The first kappa shape index (κ1) is 5.06. The first-order valence-electron chi connectivity index (χ1n) is 2.86. The predicted molar refractivity (Wildman–Crippen MR) is 32.2 cm³/mol. The minimum Gasteiger partial charge on any atom is -0.328 e. The zero-order valence-electron chi connectivity index (χ0n) is 4.48. The van der Waals surface area contributed by atoms with Gasteiger partial charge in [-0.1, -0.05) is 0 Å². The molecule has 7 heavy (non-hydrogen) atoms. The summed E-state index contributed by atoms with van der Waals surface area (Å²) in [4.78, 5) is 0. The van der Waals surface area contributed by atoms with E-state index < -0.39 is 0 Å². The fraction of sp³-hybridized carbons (Fsp3) is 1.00. The minimum absolute atomic E-state index is 0. The van der Waals surface area contributed by atoms with Gasteiger partial charge in [0, 0.05) is 7.47 Å². The van der Waals surface area contributed by atoms with Crippen LogP contribution in [0.2, 0.25) is 0 Å². The molecule has 1 fully saturated rings. The summed E-state index contributed by atoms with van der Waals surface area (Å²) in [5.74, 6) is 0. The van der Waals surface area contributed by atoms with Crippen LogP contribution in [0.25, 0.3) is 0 Å². The molecule has 44 valence electrons. The summed E-state index contributed by atoms with van der Waals surface area (Å²) in [6.45, 7) is 2.22. The molecule has 2 nitrogen and oxygen atoms in total. The van der Waals surface area contributed by atoms with Gasteiger partial charge in [-0.3, -0.25) is 0 Å². The summed E-state index contributed by atoms with van der Waals surface area (Å²) < 4.78 is 0. The van der Waals surface area contributed by atoms with Gasteiger partial charge in [0.15, 0.2) is 0 Å². The van der Waals surface area contributed by atoms with Gasteiger partial charge in [0.25, 0.3) is 0 Å². The Morgan fingerprint density at radius 3 is 2.29 bits per heavy atom. The van der Waals surface area contributed by atoms with E-state index in [1.54, 1.807) is 0 Å². The van der Waals surface area contributed by atoms with Crippen LogP contribution in [-0.4, -0.2) is 19.1 Å². The van der Waals surface area contributed by atoms with Crippen molar-refractivity contribution in [2.24, 2.45) is 5.73 Å². The Bertz CT molecular complexity index is 52.4. The zero-order chi connectivity index (χ0) is 5.11. The molecule has 0 aromatic heterocycles. The van der Waals surface area contributed by atoms with Crippen LogP contribution in [0.5, 0.6) is 0 Å². The van der Waals surface area contributed by atoms with E-state index >= 15 is 0 Å². The molecule has 0 aromatic carbocycles. The Labute approximate surface area is 45.6 Å². The van der Waals surface area contributed by atoms with Crippen molar-refractivity contribution in [2.75, 3.05) is 13.1 Å². The standard InChI is InChI=1S/C5H12N2.H2/c6-5-1-3-7-4-2-5;/h5,7H,1-4,6H2;1H. The van der Waals surface area contributed by atoms with Gasteiger partial charge < -0.3 is 11.1 Å². The Morgan fingerprint density at radius 2 is 2.00 bits per heavy atom. The largest absolute Gasteiger partial charge is 0.328 e. The third-order valence-electron chi connectivity index (χ3n) is 1.38. The highest BCUT2D eigenvalue weighted by Gasteiger charge is 2.05. The van der Waals surface area contributed by atoms with Crippen molar-refractivity contribution < 1.29 is 1.43 Å². The van der Waals surface area contributed by atoms with E-state index in [1.165, 1.54) is 0 Å². The average Bonchev–Trinajstić information content (AvgIpc) is 1.69. The van der Waals surface area contributed by atoms with Gasteiger partial charge in [-0.05, 0) is 25.9 Å². The van der Waals surface area contributed by atoms with Gasteiger partial charge in [-0.15, -0.1) is 0 Å². The summed E-state index contributed by atoms with van der Waals surface area (Å²) in [5.41, 5.74) is 5.59. The van der Waals surface area contributed by atoms with Crippen molar-refractivity contribution >= 4 is 0 Å². The van der Waals surface area contributed by atoms with Crippen LogP contribution >= 0.6 is 0 Å². The second-order valence-electron chi connectivity index (χ2n) is 2.09. The minimum atomic E-state index is 0. The van der Waals surface area contributed by atoms with Crippen molar-refractivity contribution in [1.82, 2.24) is 5.32 Å². The van der Waals surface area contributed by atoms with Gasteiger partial charge >= 0.3 is 0 Å². The maximum Gasteiger partial charge on any atom is 0.00629 e. The highest BCUT2D eigenvalue weighted by Crippen LogP contribution is 1.96.